The van der Waals surface area contributed by atoms with E-state index in [1.807, 2.05) is 30.8 Å². The molecule has 6 heteroatoms. The van der Waals surface area contributed by atoms with Crippen molar-refractivity contribution in [1.82, 2.24) is 4.72 Å². The van der Waals surface area contributed by atoms with E-state index in [9.17, 15) is 8.42 Å². The van der Waals surface area contributed by atoms with Gasteiger partial charge in [-0.2, -0.15) is 11.8 Å². The van der Waals surface area contributed by atoms with Gasteiger partial charge >= 0.3 is 0 Å². The van der Waals surface area contributed by atoms with E-state index in [2.05, 4.69) is 20.7 Å². The molecule has 1 aromatic carbocycles. The Morgan fingerprint density at radius 3 is 2.68 bits per heavy atom. The van der Waals surface area contributed by atoms with Crippen LogP contribution in [0.4, 0.5) is 0 Å². The van der Waals surface area contributed by atoms with Crippen LogP contribution in [0, 0.1) is 12.8 Å². The molecule has 1 aliphatic heterocycles. The molecule has 0 spiro atoms. The largest absolute Gasteiger partial charge is 0.241 e. The van der Waals surface area contributed by atoms with Crippen LogP contribution >= 0.6 is 27.7 Å². The summed E-state index contributed by atoms with van der Waals surface area (Å²) in [6.45, 7) is 2.48. The normalized spacial score (nSPS) is 17.6. The van der Waals surface area contributed by atoms with Gasteiger partial charge < -0.3 is 0 Å². The average Bonchev–Trinajstić information content (AvgIpc) is 2.37. The second-order valence-corrected chi connectivity index (χ2v) is 8.66. The first-order valence-electron chi connectivity index (χ1n) is 6.32. The number of sulfonamides is 1. The molecule has 0 amide bonds. The maximum absolute atomic E-state index is 12.3. The van der Waals surface area contributed by atoms with E-state index in [1.54, 1.807) is 6.07 Å². The minimum atomic E-state index is -3.41. The van der Waals surface area contributed by atoms with Crippen LogP contribution in [-0.4, -0.2) is 26.5 Å². The molecule has 2 rings (SSSR count). The summed E-state index contributed by atoms with van der Waals surface area (Å²) in [5.41, 5.74) is 1.04. The van der Waals surface area contributed by atoms with Crippen LogP contribution in [0.15, 0.2) is 27.6 Å². The van der Waals surface area contributed by atoms with E-state index < -0.39 is 10.0 Å². The molecular formula is C13H18BrNO2S2. The summed E-state index contributed by atoms with van der Waals surface area (Å²) in [6.07, 6.45) is 2.20. The zero-order chi connectivity index (χ0) is 13.9. The predicted octanol–water partition coefficient (Wildman–Crippen LogP) is 3.18. The van der Waals surface area contributed by atoms with E-state index in [-0.39, 0.29) is 0 Å². The number of benzene rings is 1. The quantitative estimate of drug-likeness (QED) is 0.893. The SMILES string of the molecule is Cc1ccc(S(=O)(=O)NCC2CCSCC2)c(Br)c1. The number of hydrogen-bond donors (Lipinski definition) is 1. The van der Waals surface area contributed by atoms with Crippen LogP contribution < -0.4 is 4.72 Å². The zero-order valence-corrected chi connectivity index (χ0v) is 14.1. The summed E-state index contributed by atoms with van der Waals surface area (Å²) in [7, 11) is -3.41. The molecule has 0 radical (unpaired) electrons. The molecule has 0 aromatic heterocycles. The number of halogens is 1. The lowest BCUT2D eigenvalue weighted by molar-refractivity contribution is 0.476. The topological polar surface area (TPSA) is 46.2 Å². The van der Waals surface area contributed by atoms with Crippen LogP contribution in [0.2, 0.25) is 0 Å². The highest BCUT2D eigenvalue weighted by molar-refractivity contribution is 9.10. The molecule has 1 aromatic rings. The minimum Gasteiger partial charge on any atom is -0.211 e. The molecule has 0 atom stereocenters. The van der Waals surface area contributed by atoms with Crippen molar-refractivity contribution >= 4 is 37.7 Å². The van der Waals surface area contributed by atoms with E-state index in [4.69, 9.17) is 0 Å². The van der Waals surface area contributed by atoms with Crippen molar-refractivity contribution in [2.45, 2.75) is 24.7 Å². The second-order valence-electron chi connectivity index (χ2n) is 4.84. The van der Waals surface area contributed by atoms with Crippen LogP contribution in [0.25, 0.3) is 0 Å². The van der Waals surface area contributed by atoms with Gasteiger partial charge in [0.2, 0.25) is 10.0 Å². The smallest absolute Gasteiger partial charge is 0.211 e. The molecule has 1 aliphatic rings. The fourth-order valence-corrected chi connectivity index (χ4v) is 5.59. The maximum Gasteiger partial charge on any atom is 0.241 e. The Bertz CT molecular complexity index is 540. The number of nitrogens with one attached hydrogen (secondary N) is 1. The molecule has 0 bridgehead atoms. The first kappa shape index (κ1) is 15.4. The molecule has 0 saturated carbocycles. The Hall–Kier alpha value is -0.0400. The maximum atomic E-state index is 12.3. The third-order valence-electron chi connectivity index (χ3n) is 3.28. The Labute approximate surface area is 127 Å². The van der Waals surface area contributed by atoms with Gasteiger partial charge in [0.1, 0.15) is 0 Å². The summed E-state index contributed by atoms with van der Waals surface area (Å²) < 4.78 is 27.9. The van der Waals surface area contributed by atoms with Crippen molar-refractivity contribution in [3.05, 3.63) is 28.2 Å². The van der Waals surface area contributed by atoms with Gasteiger partial charge in [-0.3, -0.25) is 0 Å². The van der Waals surface area contributed by atoms with E-state index in [1.165, 1.54) is 0 Å². The van der Waals surface area contributed by atoms with Crippen molar-refractivity contribution in [2.24, 2.45) is 5.92 Å². The van der Waals surface area contributed by atoms with Gasteiger partial charge in [0.15, 0.2) is 0 Å². The molecule has 1 heterocycles. The van der Waals surface area contributed by atoms with E-state index >= 15 is 0 Å². The Kier molecular flexibility index (Phi) is 5.34. The molecule has 3 nitrogen and oxygen atoms in total. The highest BCUT2D eigenvalue weighted by atomic mass is 79.9. The predicted molar refractivity (Wildman–Crippen MR) is 84.1 cm³/mol. The van der Waals surface area contributed by atoms with Crippen molar-refractivity contribution < 1.29 is 8.42 Å². The number of rotatable bonds is 4. The van der Waals surface area contributed by atoms with E-state index in [0.717, 1.165) is 29.9 Å². The Balaban J connectivity index is 2.05. The minimum absolute atomic E-state index is 0.322. The van der Waals surface area contributed by atoms with Gasteiger partial charge in [0.05, 0.1) is 4.90 Å². The fourth-order valence-electron chi connectivity index (χ4n) is 2.08. The lowest BCUT2D eigenvalue weighted by Crippen LogP contribution is -2.31. The standard InChI is InChI=1S/C13H18BrNO2S2/c1-10-2-3-13(12(14)8-10)19(16,17)15-9-11-4-6-18-7-5-11/h2-3,8,11,15H,4-7,9H2,1H3. The van der Waals surface area contributed by atoms with Gasteiger partial charge in [-0.1, -0.05) is 6.07 Å². The number of thioether (sulfide) groups is 1. The van der Waals surface area contributed by atoms with Crippen molar-refractivity contribution in [1.29, 1.82) is 0 Å². The molecule has 1 N–H and O–H groups in total. The number of aryl methyl sites for hydroxylation is 1. The first-order valence-corrected chi connectivity index (χ1v) is 9.76. The summed E-state index contributed by atoms with van der Waals surface area (Å²) >= 11 is 5.27. The van der Waals surface area contributed by atoms with Crippen LogP contribution in [-0.2, 0) is 10.0 Å². The van der Waals surface area contributed by atoms with Crippen LogP contribution in [0.5, 0.6) is 0 Å². The van der Waals surface area contributed by atoms with Gasteiger partial charge in [-0.15, -0.1) is 0 Å². The summed E-state index contributed by atoms with van der Waals surface area (Å²) in [4.78, 5) is 0.322. The van der Waals surface area contributed by atoms with Crippen molar-refractivity contribution in [3.8, 4) is 0 Å². The molecule has 0 aliphatic carbocycles. The monoisotopic (exact) mass is 363 g/mol. The van der Waals surface area contributed by atoms with Crippen LogP contribution in [0.1, 0.15) is 18.4 Å². The summed E-state index contributed by atoms with van der Waals surface area (Å²) in [5, 5.41) is 0. The summed E-state index contributed by atoms with van der Waals surface area (Å²) in [5.74, 6) is 2.75. The van der Waals surface area contributed by atoms with Gasteiger partial charge in [0, 0.05) is 11.0 Å². The van der Waals surface area contributed by atoms with Gasteiger partial charge in [0.25, 0.3) is 0 Å². The van der Waals surface area contributed by atoms with Crippen molar-refractivity contribution in [2.75, 3.05) is 18.1 Å². The Morgan fingerprint density at radius 1 is 1.37 bits per heavy atom. The third-order valence-corrected chi connectivity index (χ3v) is 6.73. The summed E-state index contributed by atoms with van der Waals surface area (Å²) in [6, 6.07) is 5.29. The molecular weight excluding hydrogens is 346 g/mol. The third kappa shape index (κ3) is 4.21. The molecule has 1 fully saturated rings. The molecule has 1 saturated heterocycles. The fraction of sp³-hybridized carbons (Fsp3) is 0.538. The molecule has 19 heavy (non-hydrogen) atoms. The lowest BCUT2D eigenvalue weighted by Gasteiger charge is -2.21. The van der Waals surface area contributed by atoms with Gasteiger partial charge in [-0.25, -0.2) is 13.1 Å². The molecule has 106 valence electrons. The first-order chi connectivity index (χ1) is 8.99. The average molecular weight is 364 g/mol. The second kappa shape index (κ2) is 6.61. The number of hydrogen-bond acceptors (Lipinski definition) is 3. The Morgan fingerprint density at radius 2 is 2.05 bits per heavy atom. The lowest BCUT2D eigenvalue weighted by atomic mass is 10.0. The highest BCUT2D eigenvalue weighted by Gasteiger charge is 2.20. The van der Waals surface area contributed by atoms with Crippen molar-refractivity contribution in [3.63, 3.8) is 0 Å². The highest BCUT2D eigenvalue weighted by Crippen LogP contribution is 2.25. The van der Waals surface area contributed by atoms with Gasteiger partial charge in [-0.05, 0) is 70.8 Å². The molecule has 0 unspecified atom stereocenters. The van der Waals surface area contributed by atoms with E-state index in [0.29, 0.717) is 21.8 Å². The van der Waals surface area contributed by atoms with Crippen LogP contribution in [0.3, 0.4) is 0 Å². The zero-order valence-electron chi connectivity index (χ0n) is 10.9.